The second-order valence-corrected chi connectivity index (χ2v) is 10.8. The summed E-state index contributed by atoms with van der Waals surface area (Å²) < 4.78 is 0.694. The molecule has 0 aromatic carbocycles. The summed E-state index contributed by atoms with van der Waals surface area (Å²) in [6, 6.07) is 1.97. The lowest BCUT2D eigenvalue weighted by molar-refractivity contribution is -0.128. The third-order valence-electron chi connectivity index (χ3n) is 5.07. The van der Waals surface area contributed by atoms with Gasteiger partial charge in [-0.3, -0.25) is 9.89 Å². The molecule has 1 fully saturated rings. The van der Waals surface area contributed by atoms with Gasteiger partial charge in [-0.15, -0.1) is 23.1 Å². The molecule has 8 nitrogen and oxygen atoms in total. The fourth-order valence-electron chi connectivity index (χ4n) is 3.39. The van der Waals surface area contributed by atoms with E-state index >= 15 is 0 Å². The third-order valence-corrected chi connectivity index (χ3v) is 8.10. The molecule has 32 heavy (non-hydrogen) atoms. The smallest absolute Gasteiger partial charge is 0.355 e. The summed E-state index contributed by atoms with van der Waals surface area (Å²) in [5.74, 6) is 0.778. The number of aliphatic hydroxyl groups excluding tert-OH is 1. The molecule has 1 aliphatic heterocycles. The minimum atomic E-state index is -1.03. The van der Waals surface area contributed by atoms with Crippen LogP contribution in [0.5, 0.6) is 0 Å². The molecule has 0 bridgehead atoms. The van der Waals surface area contributed by atoms with E-state index in [4.69, 9.17) is 5.11 Å². The van der Waals surface area contributed by atoms with Gasteiger partial charge in [-0.1, -0.05) is 36.8 Å². The summed E-state index contributed by atoms with van der Waals surface area (Å²) in [7, 11) is 0. The van der Waals surface area contributed by atoms with E-state index in [9.17, 15) is 14.7 Å². The van der Waals surface area contributed by atoms with Crippen molar-refractivity contribution in [1.29, 1.82) is 0 Å². The standard InChI is InChI=1S/C21H28N4O4S3/c26-16(4-2-1-3-12-30-18-9-10-22-24-18)7-5-15-6-8-19(27)25(15)11-13-31-21-23-17(14-32-21)20(28)29/h5,7,9-10,14-16,26H,1-4,6,8,11-13H2,(H,22,24)(H,28,29)/b7-5+/t15-,16-/m0/s1. The molecule has 1 saturated heterocycles. The van der Waals surface area contributed by atoms with Crippen LogP contribution in [0.15, 0.2) is 39.2 Å². The maximum atomic E-state index is 12.2. The SMILES string of the molecule is O=C(O)c1csc(SCCN2C(=O)CC[C@@H]2/C=C/[C@@H](O)CCCCCSc2ccn[nH]2)n1. The number of thioether (sulfide) groups is 2. The molecule has 3 rings (SSSR count). The van der Waals surface area contributed by atoms with E-state index in [2.05, 4.69) is 15.2 Å². The average molecular weight is 497 g/mol. The number of carbonyl (C=O) groups is 2. The second kappa shape index (κ2) is 13.0. The quantitative estimate of drug-likeness (QED) is 0.205. The Balaban J connectivity index is 1.32. The van der Waals surface area contributed by atoms with Crippen molar-refractivity contribution in [1.82, 2.24) is 20.1 Å². The number of carbonyl (C=O) groups excluding carboxylic acids is 1. The maximum Gasteiger partial charge on any atom is 0.355 e. The van der Waals surface area contributed by atoms with Crippen molar-refractivity contribution in [2.45, 2.75) is 60.0 Å². The van der Waals surface area contributed by atoms with Crippen molar-refractivity contribution in [3.05, 3.63) is 35.5 Å². The number of unbranched alkanes of at least 4 members (excludes halogenated alkanes) is 2. The molecule has 0 saturated carbocycles. The number of thiazole rings is 1. The van der Waals surface area contributed by atoms with Crippen molar-refractivity contribution in [3.8, 4) is 0 Å². The fourth-order valence-corrected chi connectivity index (χ4v) is 6.04. The molecule has 0 spiro atoms. The van der Waals surface area contributed by atoms with Crippen LogP contribution in [0.2, 0.25) is 0 Å². The molecule has 1 aliphatic rings. The van der Waals surface area contributed by atoms with Crippen LogP contribution < -0.4 is 0 Å². The number of aliphatic hydroxyl groups is 1. The molecule has 174 valence electrons. The van der Waals surface area contributed by atoms with Gasteiger partial charge in [0.15, 0.2) is 10.0 Å². The van der Waals surface area contributed by atoms with Crippen LogP contribution in [-0.4, -0.2) is 72.4 Å². The molecule has 0 aliphatic carbocycles. The van der Waals surface area contributed by atoms with Crippen LogP contribution in [0.1, 0.15) is 49.0 Å². The first-order valence-corrected chi connectivity index (χ1v) is 13.5. The Morgan fingerprint density at radius 3 is 2.97 bits per heavy atom. The third kappa shape index (κ3) is 7.95. The van der Waals surface area contributed by atoms with Crippen LogP contribution in [0.25, 0.3) is 0 Å². The summed E-state index contributed by atoms with van der Waals surface area (Å²) in [5, 5.41) is 28.7. The van der Waals surface area contributed by atoms with Crippen molar-refractivity contribution in [2.75, 3.05) is 18.1 Å². The molecule has 2 aromatic heterocycles. The predicted octanol–water partition coefficient (Wildman–Crippen LogP) is 3.92. The summed E-state index contributed by atoms with van der Waals surface area (Å²) in [4.78, 5) is 29.1. The topological polar surface area (TPSA) is 119 Å². The first kappa shape index (κ1) is 24.8. The van der Waals surface area contributed by atoms with E-state index < -0.39 is 12.1 Å². The monoisotopic (exact) mass is 496 g/mol. The maximum absolute atomic E-state index is 12.2. The predicted molar refractivity (Wildman–Crippen MR) is 127 cm³/mol. The molecule has 11 heteroatoms. The molecular weight excluding hydrogens is 468 g/mol. The second-order valence-electron chi connectivity index (χ2n) is 7.42. The molecule has 1 amide bonds. The minimum absolute atomic E-state index is 0.00873. The summed E-state index contributed by atoms with van der Waals surface area (Å²) in [6.07, 6.45) is 10.2. The Morgan fingerprint density at radius 1 is 1.34 bits per heavy atom. The molecule has 3 N–H and O–H groups in total. The highest BCUT2D eigenvalue weighted by Crippen LogP contribution is 2.25. The highest BCUT2D eigenvalue weighted by molar-refractivity contribution is 8.01. The van der Waals surface area contributed by atoms with Gasteiger partial charge in [-0.25, -0.2) is 9.78 Å². The number of hydrogen-bond acceptors (Lipinski definition) is 8. The zero-order valence-electron chi connectivity index (χ0n) is 17.7. The number of rotatable bonds is 14. The number of H-pyrrole nitrogens is 1. The van der Waals surface area contributed by atoms with Gasteiger partial charge in [0.1, 0.15) is 0 Å². The van der Waals surface area contributed by atoms with Gasteiger partial charge in [0, 0.05) is 30.3 Å². The molecule has 2 atom stereocenters. The summed E-state index contributed by atoms with van der Waals surface area (Å²) >= 11 is 4.52. The number of nitrogens with zero attached hydrogens (tertiary/aromatic N) is 3. The minimum Gasteiger partial charge on any atom is -0.476 e. The largest absolute Gasteiger partial charge is 0.476 e. The van der Waals surface area contributed by atoms with Crippen LogP contribution >= 0.6 is 34.9 Å². The van der Waals surface area contributed by atoms with E-state index in [1.807, 2.05) is 23.1 Å². The summed E-state index contributed by atoms with van der Waals surface area (Å²) in [6.45, 7) is 0.574. The van der Waals surface area contributed by atoms with Gasteiger partial charge < -0.3 is 15.1 Å². The average Bonchev–Trinajstić information content (AvgIpc) is 3.52. The van der Waals surface area contributed by atoms with Crippen molar-refractivity contribution in [2.24, 2.45) is 0 Å². The summed E-state index contributed by atoms with van der Waals surface area (Å²) in [5.41, 5.74) is 0.0566. The number of amides is 1. The van der Waals surface area contributed by atoms with Crippen molar-refractivity contribution in [3.63, 3.8) is 0 Å². The van der Waals surface area contributed by atoms with Gasteiger partial charge in [0.05, 0.1) is 17.2 Å². The van der Waals surface area contributed by atoms with Crippen molar-refractivity contribution < 1.29 is 19.8 Å². The molecule has 0 radical (unpaired) electrons. The molecule has 0 unspecified atom stereocenters. The number of carboxylic acids is 1. The van der Waals surface area contributed by atoms with Gasteiger partial charge in [0.25, 0.3) is 0 Å². The highest BCUT2D eigenvalue weighted by Gasteiger charge is 2.28. The Labute approximate surface area is 199 Å². The number of aromatic carboxylic acids is 1. The Morgan fingerprint density at radius 2 is 2.22 bits per heavy atom. The normalized spacial score (nSPS) is 17.5. The van der Waals surface area contributed by atoms with Gasteiger partial charge >= 0.3 is 5.97 Å². The van der Waals surface area contributed by atoms with Gasteiger partial charge in [-0.2, -0.15) is 5.10 Å². The van der Waals surface area contributed by atoms with Gasteiger partial charge in [-0.05, 0) is 31.1 Å². The van der Waals surface area contributed by atoms with Crippen molar-refractivity contribution >= 4 is 46.7 Å². The Bertz CT molecular complexity index is 888. The number of nitrogens with one attached hydrogen (secondary N) is 1. The lowest BCUT2D eigenvalue weighted by Gasteiger charge is -2.22. The van der Waals surface area contributed by atoms with Gasteiger partial charge in [0.2, 0.25) is 5.91 Å². The van der Waals surface area contributed by atoms with Crippen LogP contribution in [0.3, 0.4) is 0 Å². The van der Waals surface area contributed by atoms with Crippen LogP contribution in [0.4, 0.5) is 0 Å². The first-order valence-electron chi connectivity index (χ1n) is 10.6. The first-order chi connectivity index (χ1) is 15.5. The number of likely N-dealkylation sites (tertiary alicyclic amines) is 1. The van der Waals surface area contributed by atoms with E-state index in [0.29, 0.717) is 23.1 Å². The highest BCUT2D eigenvalue weighted by atomic mass is 32.2. The lowest BCUT2D eigenvalue weighted by atomic mass is 10.1. The fraction of sp³-hybridized carbons (Fsp3) is 0.524. The number of aromatic amines is 1. The van der Waals surface area contributed by atoms with Crippen LogP contribution in [0, 0.1) is 0 Å². The molecule has 3 heterocycles. The zero-order chi connectivity index (χ0) is 22.8. The number of hydrogen-bond donors (Lipinski definition) is 3. The molecular formula is C21H28N4O4S3. The Kier molecular flexibility index (Phi) is 10.1. The van der Waals surface area contributed by atoms with E-state index in [-0.39, 0.29) is 17.6 Å². The van der Waals surface area contributed by atoms with Crippen LogP contribution in [-0.2, 0) is 4.79 Å². The van der Waals surface area contributed by atoms with E-state index in [1.165, 1.54) is 28.5 Å². The Hall–Kier alpha value is -1.82. The molecule has 2 aromatic rings. The van der Waals surface area contributed by atoms with E-state index in [1.54, 1.807) is 18.0 Å². The van der Waals surface area contributed by atoms with E-state index in [0.717, 1.165) is 42.9 Å². The zero-order valence-corrected chi connectivity index (χ0v) is 20.1. The lowest BCUT2D eigenvalue weighted by Crippen LogP contribution is -2.33. The number of carboxylic acid groups (broad SMARTS) is 1. The number of aromatic nitrogens is 3.